The quantitative estimate of drug-likeness (QED) is 0.453. The average molecular weight is 439 g/mol. The second kappa shape index (κ2) is 8.28. The number of alkyl carbamates (subject to hydrolysis) is 1. The molecule has 2 aromatic rings. The maximum absolute atomic E-state index is 13.2. The van der Waals surface area contributed by atoms with Gasteiger partial charge in [0.15, 0.2) is 0 Å². The normalized spacial score (nSPS) is 22.6. The van der Waals surface area contributed by atoms with Gasteiger partial charge in [0, 0.05) is 5.92 Å². The predicted octanol–water partition coefficient (Wildman–Crippen LogP) is 5.30. The summed E-state index contributed by atoms with van der Waals surface area (Å²) in [5.74, 6) is -0.483. The summed E-state index contributed by atoms with van der Waals surface area (Å²) in [4.78, 5) is 23.0. The second-order valence-corrected chi connectivity index (χ2v) is 9.73. The van der Waals surface area contributed by atoms with Crippen molar-refractivity contribution >= 4 is 13.5 Å². The van der Waals surface area contributed by atoms with Gasteiger partial charge in [-0.15, -0.1) is 6.58 Å². The molecule has 1 amide bonds. The maximum Gasteiger partial charge on any atom is 0.416 e. The van der Waals surface area contributed by atoms with Crippen molar-refractivity contribution in [2.24, 2.45) is 5.92 Å². The first-order valence-corrected chi connectivity index (χ1v) is 11.0. The number of amides is 1. The molecular formula is C21H21F3NO4P. The lowest BCUT2D eigenvalue weighted by molar-refractivity contribution is -0.137. The topological polar surface area (TPSA) is 75.6 Å². The summed E-state index contributed by atoms with van der Waals surface area (Å²) in [5.41, 5.74) is -0.0986. The minimum Gasteiger partial charge on any atom is -0.445 e. The van der Waals surface area contributed by atoms with Crippen LogP contribution in [0.5, 0.6) is 0 Å². The van der Waals surface area contributed by atoms with Gasteiger partial charge in [-0.2, -0.15) is 13.2 Å². The first-order valence-electron chi connectivity index (χ1n) is 9.17. The standard InChI is InChI=1S/C21H21F3NO4P/c1-2-17-12-20(17,25-19(26)29-13-15-7-4-3-5-8-15)30(27,28)14-16-9-6-10-18(11-16)21(22,23)24/h2-11,17H,1,12-14H2,(H,25,26)(H,27,28). The van der Waals surface area contributed by atoms with E-state index in [4.69, 9.17) is 4.74 Å². The summed E-state index contributed by atoms with van der Waals surface area (Å²) in [5, 5.41) is 0.973. The van der Waals surface area contributed by atoms with Crippen molar-refractivity contribution in [3.63, 3.8) is 0 Å². The number of alkyl halides is 3. The van der Waals surface area contributed by atoms with E-state index in [2.05, 4.69) is 11.9 Å². The van der Waals surface area contributed by atoms with Gasteiger partial charge in [0.05, 0.1) is 11.7 Å². The van der Waals surface area contributed by atoms with Crippen LogP contribution in [0, 0.1) is 5.92 Å². The number of halogens is 3. The molecule has 1 aliphatic rings. The Morgan fingerprint density at radius 3 is 2.50 bits per heavy atom. The monoisotopic (exact) mass is 439 g/mol. The third-order valence-electron chi connectivity index (χ3n) is 5.07. The van der Waals surface area contributed by atoms with Crippen LogP contribution in [-0.2, 0) is 28.2 Å². The molecule has 5 nitrogen and oxygen atoms in total. The molecule has 30 heavy (non-hydrogen) atoms. The average Bonchev–Trinajstić information content (AvgIpc) is 3.41. The van der Waals surface area contributed by atoms with Crippen molar-refractivity contribution in [2.75, 3.05) is 0 Å². The molecule has 3 rings (SSSR count). The summed E-state index contributed by atoms with van der Waals surface area (Å²) >= 11 is 0. The zero-order valence-electron chi connectivity index (χ0n) is 15.9. The van der Waals surface area contributed by atoms with E-state index in [1.807, 2.05) is 6.07 Å². The highest BCUT2D eigenvalue weighted by atomic mass is 31.2. The molecule has 160 valence electrons. The summed E-state index contributed by atoms with van der Waals surface area (Å²) in [6.45, 7) is 3.59. The van der Waals surface area contributed by atoms with Crippen LogP contribution in [0.4, 0.5) is 18.0 Å². The first-order chi connectivity index (χ1) is 14.1. The number of rotatable bonds is 7. The number of nitrogens with one attached hydrogen (secondary N) is 1. The summed E-state index contributed by atoms with van der Waals surface area (Å²) in [6, 6.07) is 13.2. The van der Waals surface area contributed by atoms with Crippen LogP contribution in [-0.4, -0.2) is 16.3 Å². The SMILES string of the molecule is C=CC1CC1(NC(=O)OCc1ccccc1)P(=O)(O)Cc1cccc(C(F)(F)F)c1. The van der Waals surface area contributed by atoms with E-state index in [1.165, 1.54) is 18.2 Å². The molecule has 1 fully saturated rings. The van der Waals surface area contributed by atoms with Crippen LogP contribution in [0.1, 0.15) is 23.1 Å². The van der Waals surface area contributed by atoms with E-state index in [9.17, 15) is 27.4 Å². The largest absolute Gasteiger partial charge is 0.445 e. The van der Waals surface area contributed by atoms with Crippen LogP contribution < -0.4 is 5.32 Å². The molecule has 1 saturated carbocycles. The summed E-state index contributed by atoms with van der Waals surface area (Å²) in [6.07, 6.45) is -4.34. The smallest absolute Gasteiger partial charge is 0.416 e. The Kier molecular flexibility index (Phi) is 6.11. The summed E-state index contributed by atoms with van der Waals surface area (Å²) in [7, 11) is -4.15. The van der Waals surface area contributed by atoms with Crippen molar-refractivity contribution in [1.82, 2.24) is 5.32 Å². The molecule has 0 spiro atoms. The first kappa shape index (κ1) is 22.1. The van der Waals surface area contributed by atoms with Gasteiger partial charge in [0.1, 0.15) is 11.9 Å². The Labute approximate surface area is 172 Å². The highest BCUT2D eigenvalue weighted by Crippen LogP contribution is 2.70. The van der Waals surface area contributed by atoms with E-state index in [0.717, 1.165) is 17.7 Å². The van der Waals surface area contributed by atoms with Crippen molar-refractivity contribution in [1.29, 1.82) is 0 Å². The molecule has 2 N–H and O–H groups in total. The lowest BCUT2D eigenvalue weighted by Crippen LogP contribution is -2.39. The molecule has 0 aliphatic heterocycles. The Bertz CT molecular complexity index is 980. The van der Waals surface area contributed by atoms with Crippen molar-refractivity contribution in [3.05, 3.63) is 83.9 Å². The third-order valence-corrected chi connectivity index (χ3v) is 7.74. The van der Waals surface area contributed by atoms with Gasteiger partial charge in [-0.05, 0) is 23.6 Å². The molecular weight excluding hydrogens is 418 g/mol. The number of carbonyl (C=O) groups is 1. The van der Waals surface area contributed by atoms with Gasteiger partial charge in [-0.3, -0.25) is 4.57 Å². The van der Waals surface area contributed by atoms with Gasteiger partial charge in [0.2, 0.25) is 7.37 Å². The van der Waals surface area contributed by atoms with E-state index in [1.54, 1.807) is 24.3 Å². The zero-order valence-corrected chi connectivity index (χ0v) is 16.8. The highest BCUT2D eigenvalue weighted by Gasteiger charge is 2.65. The Hall–Kier alpha value is -2.57. The van der Waals surface area contributed by atoms with Gasteiger partial charge in [0.25, 0.3) is 0 Å². The molecule has 3 unspecified atom stereocenters. The minimum absolute atomic E-state index is 0.0229. The fourth-order valence-corrected chi connectivity index (χ4v) is 5.70. The van der Waals surface area contributed by atoms with E-state index in [0.29, 0.717) is 0 Å². The molecule has 0 saturated heterocycles. The molecule has 0 bridgehead atoms. The molecule has 0 radical (unpaired) electrons. The second-order valence-electron chi connectivity index (χ2n) is 7.22. The number of hydrogen-bond donors (Lipinski definition) is 2. The lowest BCUT2D eigenvalue weighted by atomic mass is 10.1. The van der Waals surface area contributed by atoms with E-state index >= 15 is 0 Å². The van der Waals surface area contributed by atoms with Crippen LogP contribution in [0.15, 0.2) is 67.3 Å². The Balaban J connectivity index is 1.73. The number of ether oxygens (including phenoxy) is 1. The lowest BCUT2D eigenvalue weighted by Gasteiger charge is -2.25. The fourth-order valence-electron chi connectivity index (χ4n) is 3.36. The molecule has 2 aromatic carbocycles. The van der Waals surface area contributed by atoms with Gasteiger partial charge < -0.3 is 14.9 Å². The van der Waals surface area contributed by atoms with Gasteiger partial charge in [-0.1, -0.05) is 54.6 Å². The number of benzene rings is 2. The van der Waals surface area contributed by atoms with Crippen molar-refractivity contribution < 1.29 is 32.2 Å². The molecule has 0 aromatic heterocycles. The molecule has 9 heteroatoms. The van der Waals surface area contributed by atoms with Crippen LogP contribution in [0.3, 0.4) is 0 Å². The maximum atomic E-state index is 13.2. The zero-order chi connectivity index (χ0) is 22.0. The molecule has 3 atom stereocenters. The predicted molar refractivity (Wildman–Crippen MR) is 106 cm³/mol. The fraction of sp³-hybridized carbons (Fsp3) is 0.286. The molecule has 1 aliphatic carbocycles. The van der Waals surface area contributed by atoms with Crippen LogP contribution in [0.2, 0.25) is 0 Å². The van der Waals surface area contributed by atoms with Gasteiger partial charge >= 0.3 is 12.3 Å². The Morgan fingerprint density at radius 1 is 1.23 bits per heavy atom. The molecule has 0 heterocycles. The van der Waals surface area contributed by atoms with Crippen LogP contribution in [0.25, 0.3) is 0 Å². The number of hydrogen-bond acceptors (Lipinski definition) is 3. The Morgan fingerprint density at radius 2 is 1.90 bits per heavy atom. The highest BCUT2D eigenvalue weighted by molar-refractivity contribution is 7.59. The van der Waals surface area contributed by atoms with E-state index in [-0.39, 0.29) is 18.6 Å². The third kappa shape index (κ3) is 4.77. The minimum atomic E-state index is -4.56. The van der Waals surface area contributed by atoms with E-state index < -0.39 is 42.6 Å². The van der Waals surface area contributed by atoms with Crippen molar-refractivity contribution in [3.8, 4) is 0 Å². The van der Waals surface area contributed by atoms with Crippen molar-refractivity contribution in [2.45, 2.75) is 30.6 Å². The summed E-state index contributed by atoms with van der Waals surface area (Å²) < 4.78 is 57.1. The number of carbonyl (C=O) groups excluding carboxylic acids is 1. The van der Waals surface area contributed by atoms with Gasteiger partial charge in [-0.25, -0.2) is 4.79 Å². The van der Waals surface area contributed by atoms with Crippen LogP contribution >= 0.6 is 7.37 Å².